The second-order valence-electron chi connectivity index (χ2n) is 8.80. The molecule has 1 unspecified atom stereocenters. The number of hydrogen-bond donors (Lipinski definition) is 1. The van der Waals surface area contributed by atoms with Gasteiger partial charge in [0.1, 0.15) is 10.9 Å². The Morgan fingerprint density at radius 1 is 1.00 bits per heavy atom. The van der Waals surface area contributed by atoms with Gasteiger partial charge in [-0.05, 0) is 37.0 Å². The van der Waals surface area contributed by atoms with E-state index in [1.807, 2.05) is 44.2 Å². The number of fused-ring (bicyclic) bond motifs is 1. The zero-order valence-corrected chi connectivity index (χ0v) is 20.5. The van der Waals surface area contributed by atoms with Gasteiger partial charge in [0.15, 0.2) is 0 Å². The summed E-state index contributed by atoms with van der Waals surface area (Å²) < 4.78 is 26.3. The lowest BCUT2D eigenvalue weighted by molar-refractivity contribution is -0.140. The minimum Gasteiger partial charge on any atom is -0.354 e. The largest absolute Gasteiger partial charge is 0.354 e. The van der Waals surface area contributed by atoms with Gasteiger partial charge in [-0.2, -0.15) is 0 Å². The van der Waals surface area contributed by atoms with Crippen LogP contribution in [0.5, 0.6) is 0 Å². The number of benzene rings is 2. The standard InChI is InChI=1S/C25H31N3O5S/c1-18(2)16-26-24(30)19(3)27(17-20-10-5-4-6-11-20)23(29)14-9-15-28-25(31)21-12-7-8-13-22(21)34(28,32)33/h4-8,10-13,18-19H,9,14-17H2,1-3H3,(H,26,30). The first-order chi connectivity index (χ1) is 16.1. The van der Waals surface area contributed by atoms with Crippen molar-refractivity contribution in [2.45, 2.75) is 51.1 Å². The summed E-state index contributed by atoms with van der Waals surface area (Å²) in [5.74, 6) is -0.826. The Morgan fingerprint density at radius 2 is 1.65 bits per heavy atom. The minimum absolute atomic E-state index is 0.00425. The molecule has 8 nitrogen and oxygen atoms in total. The van der Waals surface area contributed by atoms with Crippen LogP contribution in [0.15, 0.2) is 59.5 Å². The quantitative estimate of drug-likeness (QED) is 0.557. The van der Waals surface area contributed by atoms with Crippen molar-refractivity contribution in [2.75, 3.05) is 13.1 Å². The van der Waals surface area contributed by atoms with E-state index >= 15 is 0 Å². The zero-order valence-electron chi connectivity index (χ0n) is 19.7. The van der Waals surface area contributed by atoms with Crippen molar-refractivity contribution in [3.05, 3.63) is 65.7 Å². The molecule has 1 atom stereocenters. The van der Waals surface area contributed by atoms with Gasteiger partial charge >= 0.3 is 0 Å². The number of hydrogen-bond acceptors (Lipinski definition) is 5. The van der Waals surface area contributed by atoms with E-state index in [4.69, 9.17) is 0 Å². The number of nitrogens with zero attached hydrogens (tertiary/aromatic N) is 2. The smallest absolute Gasteiger partial charge is 0.269 e. The van der Waals surface area contributed by atoms with E-state index < -0.39 is 22.0 Å². The zero-order chi connectivity index (χ0) is 24.9. The van der Waals surface area contributed by atoms with Crippen molar-refractivity contribution in [1.29, 1.82) is 0 Å². The highest BCUT2D eigenvalue weighted by Gasteiger charge is 2.40. The van der Waals surface area contributed by atoms with Gasteiger partial charge in [-0.25, -0.2) is 12.7 Å². The second kappa shape index (κ2) is 10.8. The molecule has 1 N–H and O–H groups in total. The van der Waals surface area contributed by atoms with E-state index in [0.717, 1.165) is 9.87 Å². The fourth-order valence-electron chi connectivity index (χ4n) is 3.78. The monoisotopic (exact) mass is 485 g/mol. The predicted molar refractivity (Wildman–Crippen MR) is 128 cm³/mol. The molecule has 0 fully saturated rings. The predicted octanol–water partition coefficient (Wildman–Crippen LogP) is 2.80. The number of sulfonamides is 1. The summed E-state index contributed by atoms with van der Waals surface area (Å²) in [4.78, 5) is 39.9. The molecule has 1 heterocycles. The van der Waals surface area contributed by atoms with E-state index in [2.05, 4.69) is 5.32 Å². The van der Waals surface area contributed by atoms with E-state index in [9.17, 15) is 22.8 Å². The first-order valence-corrected chi connectivity index (χ1v) is 12.8. The van der Waals surface area contributed by atoms with Crippen LogP contribution in [0.4, 0.5) is 0 Å². The van der Waals surface area contributed by atoms with Gasteiger partial charge < -0.3 is 10.2 Å². The molecule has 3 rings (SSSR count). The van der Waals surface area contributed by atoms with Crippen LogP contribution in [0.3, 0.4) is 0 Å². The van der Waals surface area contributed by atoms with Crippen LogP contribution >= 0.6 is 0 Å². The summed E-state index contributed by atoms with van der Waals surface area (Å²) >= 11 is 0. The molecule has 1 aliphatic rings. The molecular weight excluding hydrogens is 454 g/mol. The molecule has 182 valence electrons. The van der Waals surface area contributed by atoms with E-state index in [-0.39, 0.29) is 54.1 Å². The molecule has 0 spiro atoms. The third kappa shape index (κ3) is 5.64. The summed E-state index contributed by atoms with van der Waals surface area (Å²) in [6.07, 6.45) is 0.160. The molecule has 0 saturated heterocycles. The lowest BCUT2D eigenvalue weighted by Gasteiger charge is -2.29. The molecule has 34 heavy (non-hydrogen) atoms. The number of amides is 3. The lowest BCUT2D eigenvalue weighted by Crippen LogP contribution is -2.48. The fourth-order valence-corrected chi connectivity index (χ4v) is 5.39. The van der Waals surface area contributed by atoms with Crippen molar-refractivity contribution in [2.24, 2.45) is 5.92 Å². The van der Waals surface area contributed by atoms with Crippen LogP contribution in [-0.2, 0) is 26.2 Å². The average Bonchev–Trinajstić information content (AvgIpc) is 3.01. The Hall–Kier alpha value is -3.20. The molecule has 0 saturated carbocycles. The van der Waals surface area contributed by atoms with Gasteiger partial charge in [0.2, 0.25) is 11.8 Å². The highest BCUT2D eigenvalue weighted by atomic mass is 32.2. The first-order valence-electron chi connectivity index (χ1n) is 11.4. The Bertz CT molecular complexity index is 1150. The molecule has 0 bridgehead atoms. The van der Waals surface area contributed by atoms with Crippen LogP contribution in [0.2, 0.25) is 0 Å². The van der Waals surface area contributed by atoms with Crippen molar-refractivity contribution < 1.29 is 22.8 Å². The molecule has 1 aliphatic heterocycles. The Morgan fingerprint density at radius 3 is 2.29 bits per heavy atom. The van der Waals surface area contributed by atoms with Crippen molar-refractivity contribution >= 4 is 27.7 Å². The van der Waals surface area contributed by atoms with Crippen LogP contribution < -0.4 is 5.32 Å². The average molecular weight is 486 g/mol. The molecule has 3 amide bonds. The Balaban J connectivity index is 1.68. The maximum absolute atomic E-state index is 13.2. The van der Waals surface area contributed by atoms with Gasteiger partial charge in [-0.1, -0.05) is 56.3 Å². The van der Waals surface area contributed by atoms with E-state index in [0.29, 0.717) is 6.54 Å². The highest BCUT2D eigenvalue weighted by Crippen LogP contribution is 2.30. The van der Waals surface area contributed by atoms with E-state index in [1.54, 1.807) is 19.1 Å². The van der Waals surface area contributed by atoms with Gasteiger partial charge in [-0.3, -0.25) is 14.4 Å². The number of nitrogens with one attached hydrogen (secondary N) is 1. The summed E-state index contributed by atoms with van der Waals surface area (Å²) in [5.41, 5.74) is 1.03. The van der Waals surface area contributed by atoms with Crippen LogP contribution in [0, 0.1) is 5.92 Å². The van der Waals surface area contributed by atoms with Crippen LogP contribution in [0.25, 0.3) is 0 Å². The summed E-state index contributed by atoms with van der Waals surface area (Å²) in [5, 5.41) is 2.87. The topological polar surface area (TPSA) is 104 Å². The fraction of sp³-hybridized carbons (Fsp3) is 0.400. The first kappa shape index (κ1) is 25.4. The molecular formula is C25H31N3O5S. The number of rotatable bonds is 10. The van der Waals surface area contributed by atoms with Crippen LogP contribution in [-0.4, -0.2) is 54.5 Å². The Labute approximate surface area is 201 Å². The lowest BCUT2D eigenvalue weighted by atomic mass is 10.1. The third-order valence-electron chi connectivity index (χ3n) is 5.71. The summed E-state index contributed by atoms with van der Waals surface area (Å²) in [7, 11) is -3.91. The molecule has 2 aromatic carbocycles. The number of carbonyl (C=O) groups excluding carboxylic acids is 3. The van der Waals surface area contributed by atoms with Crippen molar-refractivity contribution in [3.8, 4) is 0 Å². The van der Waals surface area contributed by atoms with Crippen molar-refractivity contribution in [1.82, 2.24) is 14.5 Å². The van der Waals surface area contributed by atoms with Crippen LogP contribution in [0.1, 0.15) is 49.5 Å². The minimum atomic E-state index is -3.91. The molecule has 0 aromatic heterocycles. The SMILES string of the molecule is CC(C)CNC(=O)C(C)N(Cc1ccccc1)C(=O)CCCN1C(=O)c2ccccc2S1(=O)=O. The molecule has 9 heteroatoms. The maximum Gasteiger partial charge on any atom is 0.269 e. The molecule has 0 aliphatic carbocycles. The van der Waals surface area contributed by atoms with Gasteiger partial charge in [0.05, 0.1) is 5.56 Å². The van der Waals surface area contributed by atoms with Crippen molar-refractivity contribution in [3.63, 3.8) is 0 Å². The Kier molecular flexibility index (Phi) is 8.09. The molecule has 0 radical (unpaired) electrons. The third-order valence-corrected chi connectivity index (χ3v) is 7.55. The summed E-state index contributed by atoms with van der Waals surface area (Å²) in [6.45, 7) is 6.32. The second-order valence-corrected chi connectivity index (χ2v) is 10.6. The highest BCUT2D eigenvalue weighted by molar-refractivity contribution is 7.90. The number of carbonyl (C=O) groups is 3. The molecule has 2 aromatic rings. The van der Waals surface area contributed by atoms with Gasteiger partial charge in [0.25, 0.3) is 15.9 Å². The van der Waals surface area contributed by atoms with E-state index in [1.165, 1.54) is 17.0 Å². The normalized spacial score (nSPS) is 15.2. The summed E-state index contributed by atoms with van der Waals surface area (Å²) in [6, 6.07) is 14.7. The van der Waals surface area contributed by atoms with Gasteiger partial charge in [-0.15, -0.1) is 0 Å². The van der Waals surface area contributed by atoms with Gasteiger partial charge in [0, 0.05) is 26.1 Å². The maximum atomic E-state index is 13.2.